The van der Waals surface area contributed by atoms with E-state index in [-0.39, 0.29) is 18.0 Å². The van der Waals surface area contributed by atoms with Gasteiger partial charge in [0.1, 0.15) is 5.67 Å². The Balaban J connectivity index is 1.46. The molecule has 4 rings (SSSR count). The zero-order chi connectivity index (χ0) is 22.2. The van der Waals surface area contributed by atoms with E-state index in [2.05, 4.69) is 14.9 Å². The van der Waals surface area contributed by atoms with Crippen molar-refractivity contribution in [3.8, 4) is 5.88 Å². The van der Waals surface area contributed by atoms with Crippen LogP contribution < -0.4 is 4.74 Å². The molecule has 2 aromatic heterocycles. The van der Waals surface area contributed by atoms with Crippen LogP contribution in [0, 0.1) is 6.92 Å². The number of aryl methyl sites for hydroxylation is 1. The quantitative estimate of drug-likeness (QED) is 0.744. The third-order valence-electron chi connectivity index (χ3n) is 6.31. The first-order chi connectivity index (χ1) is 14.8. The number of fused-ring (bicyclic) bond motifs is 1. The van der Waals surface area contributed by atoms with Crippen LogP contribution in [0.4, 0.5) is 4.39 Å². The van der Waals surface area contributed by atoms with Gasteiger partial charge in [-0.15, -0.1) is 0 Å². The van der Waals surface area contributed by atoms with Crippen LogP contribution in [0.3, 0.4) is 0 Å². The molecule has 0 unspecified atom stereocenters. The number of hydrogen-bond donors (Lipinski definition) is 0. The monoisotopic (exact) mass is 427 g/mol. The highest BCUT2D eigenvalue weighted by Gasteiger charge is 2.38. The molecule has 7 nitrogen and oxygen atoms in total. The van der Waals surface area contributed by atoms with Crippen LogP contribution in [0.25, 0.3) is 0 Å². The molecule has 4 heterocycles. The van der Waals surface area contributed by atoms with E-state index in [1.54, 1.807) is 19.2 Å². The van der Waals surface area contributed by atoms with Gasteiger partial charge in [0.25, 0.3) is 5.91 Å². The number of pyridine rings is 1. The molecule has 8 heteroatoms. The second-order valence-corrected chi connectivity index (χ2v) is 8.88. The smallest absolute Gasteiger partial charge is 0.255 e. The molecule has 1 amide bonds. The average Bonchev–Trinajstić information content (AvgIpc) is 2.77. The number of methoxy groups -OCH3 is 1. The number of ether oxygens (including phenoxy) is 1. The number of carbonyl (C=O) groups excluding carboxylic acids is 1. The van der Waals surface area contributed by atoms with Crippen LogP contribution in [-0.4, -0.2) is 63.4 Å². The molecule has 2 fully saturated rings. The Bertz CT molecular complexity index is 944. The molecule has 0 spiro atoms. The molecule has 0 saturated carbocycles. The van der Waals surface area contributed by atoms with Gasteiger partial charge in [-0.2, -0.15) is 0 Å². The van der Waals surface area contributed by atoms with E-state index in [0.717, 1.165) is 37.2 Å². The third kappa shape index (κ3) is 4.39. The van der Waals surface area contributed by atoms with Crippen molar-refractivity contribution in [2.24, 2.45) is 0 Å². The van der Waals surface area contributed by atoms with Gasteiger partial charge < -0.3 is 9.64 Å². The summed E-state index contributed by atoms with van der Waals surface area (Å²) in [6.07, 6.45) is 6.48. The standard InChI is InChI=1S/C23H30FN5O2/c1-15-21(31-4)26-13-18(27-15)19-7-5-6-17-14-28(10-11-29(17)19)22(30)16-8-9-20(25-12-16)23(2,3)24/h8-9,12-13,17,19H,5-7,10-11,14H2,1-4H3/t17-,19+/m0/s1. The van der Waals surface area contributed by atoms with Crippen molar-refractivity contribution >= 4 is 5.91 Å². The molecule has 2 atom stereocenters. The minimum atomic E-state index is -1.52. The maximum Gasteiger partial charge on any atom is 0.255 e. The molecule has 2 aliphatic heterocycles. The SMILES string of the molecule is COc1ncc([C@H]2CCC[C@H]3CN(C(=O)c4ccc(C(C)(C)F)nc4)CCN32)nc1C. The number of carbonyl (C=O) groups is 1. The summed E-state index contributed by atoms with van der Waals surface area (Å²) in [7, 11) is 1.60. The van der Waals surface area contributed by atoms with Gasteiger partial charge in [-0.05, 0) is 52.2 Å². The number of piperidine rings is 1. The largest absolute Gasteiger partial charge is 0.480 e. The van der Waals surface area contributed by atoms with Crippen LogP contribution in [-0.2, 0) is 5.67 Å². The van der Waals surface area contributed by atoms with Gasteiger partial charge in [0, 0.05) is 31.9 Å². The van der Waals surface area contributed by atoms with E-state index in [4.69, 9.17) is 9.72 Å². The normalized spacial score (nSPS) is 22.2. The number of nitrogens with zero attached hydrogens (tertiary/aromatic N) is 5. The Kier molecular flexibility index (Phi) is 5.92. The lowest BCUT2D eigenvalue weighted by Gasteiger charge is -2.48. The molecule has 31 heavy (non-hydrogen) atoms. The minimum Gasteiger partial charge on any atom is -0.480 e. The van der Waals surface area contributed by atoms with Crippen molar-refractivity contribution in [2.45, 2.75) is 57.8 Å². The number of aromatic nitrogens is 3. The Morgan fingerprint density at radius 2 is 2.00 bits per heavy atom. The van der Waals surface area contributed by atoms with Crippen LogP contribution >= 0.6 is 0 Å². The Labute approximate surface area is 182 Å². The number of rotatable bonds is 4. The number of amides is 1. The summed E-state index contributed by atoms with van der Waals surface area (Å²) in [6.45, 7) is 6.94. The highest BCUT2D eigenvalue weighted by molar-refractivity contribution is 5.94. The van der Waals surface area contributed by atoms with Gasteiger partial charge in [-0.25, -0.2) is 14.4 Å². The predicted octanol–water partition coefficient (Wildman–Crippen LogP) is 3.44. The lowest BCUT2D eigenvalue weighted by atomic mass is 9.91. The van der Waals surface area contributed by atoms with E-state index in [0.29, 0.717) is 30.2 Å². The molecule has 0 aliphatic carbocycles. The summed E-state index contributed by atoms with van der Waals surface area (Å²) in [5, 5.41) is 0. The van der Waals surface area contributed by atoms with Crippen LogP contribution in [0.15, 0.2) is 24.5 Å². The second-order valence-electron chi connectivity index (χ2n) is 8.88. The third-order valence-corrected chi connectivity index (χ3v) is 6.31. The first kappa shape index (κ1) is 21.6. The van der Waals surface area contributed by atoms with Crippen LogP contribution in [0.1, 0.15) is 66.6 Å². The van der Waals surface area contributed by atoms with Crippen molar-refractivity contribution in [1.29, 1.82) is 0 Å². The van der Waals surface area contributed by atoms with Crippen molar-refractivity contribution < 1.29 is 13.9 Å². The van der Waals surface area contributed by atoms with Crippen LogP contribution in [0.5, 0.6) is 5.88 Å². The number of halogens is 1. The summed E-state index contributed by atoms with van der Waals surface area (Å²) in [5.74, 6) is 0.514. The second kappa shape index (κ2) is 8.49. The fourth-order valence-corrected chi connectivity index (χ4v) is 4.66. The number of hydrogen-bond acceptors (Lipinski definition) is 6. The Morgan fingerprint density at radius 1 is 1.19 bits per heavy atom. The molecular weight excluding hydrogens is 397 g/mol. The maximum absolute atomic E-state index is 14.1. The highest BCUT2D eigenvalue weighted by atomic mass is 19.1. The summed E-state index contributed by atoms with van der Waals surface area (Å²) in [5.41, 5.74) is 1.08. The van der Waals surface area contributed by atoms with E-state index < -0.39 is 5.67 Å². The van der Waals surface area contributed by atoms with Crippen molar-refractivity contribution in [1.82, 2.24) is 24.8 Å². The molecule has 166 valence electrons. The zero-order valence-electron chi connectivity index (χ0n) is 18.6. The fraction of sp³-hybridized carbons (Fsp3) is 0.565. The molecule has 0 radical (unpaired) electrons. The molecule has 2 aliphatic rings. The molecule has 0 aromatic carbocycles. The van der Waals surface area contributed by atoms with Crippen LogP contribution in [0.2, 0.25) is 0 Å². The van der Waals surface area contributed by atoms with Gasteiger partial charge in [0.2, 0.25) is 5.88 Å². The van der Waals surface area contributed by atoms with Gasteiger partial charge in [0.15, 0.2) is 0 Å². The van der Waals surface area contributed by atoms with Gasteiger partial charge in [0.05, 0.1) is 42.0 Å². The van der Waals surface area contributed by atoms with E-state index >= 15 is 0 Å². The molecule has 0 bridgehead atoms. The lowest BCUT2D eigenvalue weighted by molar-refractivity contribution is 0.00900. The summed E-state index contributed by atoms with van der Waals surface area (Å²) in [6, 6.07) is 3.78. The van der Waals surface area contributed by atoms with Gasteiger partial charge >= 0.3 is 0 Å². The molecule has 2 aromatic rings. The predicted molar refractivity (Wildman–Crippen MR) is 115 cm³/mol. The van der Waals surface area contributed by atoms with Gasteiger partial charge in [-0.3, -0.25) is 14.7 Å². The fourth-order valence-electron chi connectivity index (χ4n) is 4.66. The zero-order valence-corrected chi connectivity index (χ0v) is 18.6. The first-order valence-electron chi connectivity index (χ1n) is 10.9. The van der Waals surface area contributed by atoms with E-state index in [1.165, 1.54) is 20.0 Å². The summed E-state index contributed by atoms with van der Waals surface area (Å²) in [4.78, 5) is 30.7. The average molecular weight is 428 g/mol. The summed E-state index contributed by atoms with van der Waals surface area (Å²) < 4.78 is 19.3. The topological polar surface area (TPSA) is 71.5 Å². The van der Waals surface area contributed by atoms with E-state index in [1.807, 2.05) is 18.0 Å². The number of piperazine rings is 1. The maximum atomic E-state index is 14.1. The van der Waals surface area contributed by atoms with Gasteiger partial charge in [-0.1, -0.05) is 0 Å². The minimum absolute atomic E-state index is 0.0439. The lowest BCUT2D eigenvalue weighted by Crippen LogP contribution is -2.57. The molecular formula is C23H30FN5O2. The summed E-state index contributed by atoms with van der Waals surface area (Å²) >= 11 is 0. The Hall–Kier alpha value is -2.61. The molecule has 0 N–H and O–H groups in total. The van der Waals surface area contributed by atoms with Crippen molar-refractivity contribution in [2.75, 3.05) is 26.7 Å². The highest BCUT2D eigenvalue weighted by Crippen LogP contribution is 2.36. The van der Waals surface area contributed by atoms with Crippen molar-refractivity contribution in [3.05, 3.63) is 47.2 Å². The number of alkyl halides is 1. The van der Waals surface area contributed by atoms with E-state index in [9.17, 15) is 9.18 Å². The Morgan fingerprint density at radius 3 is 2.65 bits per heavy atom. The molecule has 2 saturated heterocycles. The van der Waals surface area contributed by atoms with Crippen molar-refractivity contribution in [3.63, 3.8) is 0 Å². The first-order valence-corrected chi connectivity index (χ1v) is 10.9.